The lowest BCUT2D eigenvalue weighted by Crippen LogP contribution is -2.11. The van der Waals surface area contributed by atoms with Crippen molar-refractivity contribution in [3.63, 3.8) is 0 Å². The molecule has 0 amide bonds. The Morgan fingerprint density at radius 3 is 2.53 bits per heavy atom. The highest BCUT2D eigenvalue weighted by atomic mass is 32.2. The van der Waals surface area contributed by atoms with Gasteiger partial charge in [0.25, 0.3) is 10.0 Å². The lowest BCUT2D eigenvalue weighted by Gasteiger charge is -2.05. The van der Waals surface area contributed by atoms with E-state index < -0.39 is 10.0 Å². The predicted octanol–water partition coefficient (Wildman–Crippen LogP) is 0.940. The fraction of sp³-hybridized carbons (Fsp3) is 0.500. The Hall–Kier alpha value is -0.790. The Labute approximate surface area is 93.1 Å². The van der Waals surface area contributed by atoms with Crippen LogP contribution in [-0.2, 0) is 16.4 Å². The van der Waals surface area contributed by atoms with Crippen molar-refractivity contribution < 1.29 is 8.42 Å². The first-order valence-electron chi connectivity index (χ1n) is 4.33. The van der Waals surface area contributed by atoms with E-state index in [1.165, 1.54) is 0 Å². The summed E-state index contributed by atoms with van der Waals surface area (Å²) >= 11 is 0.990. The third-order valence-electron chi connectivity index (χ3n) is 1.89. The summed E-state index contributed by atoms with van der Waals surface area (Å²) in [4.78, 5) is 0. The Bertz CT molecular complexity index is 462. The van der Waals surface area contributed by atoms with E-state index in [9.17, 15) is 8.42 Å². The van der Waals surface area contributed by atoms with E-state index in [4.69, 9.17) is 5.14 Å². The number of sulfonamides is 1. The zero-order valence-electron chi connectivity index (χ0n) is 8.60. The van der Waals surface area contributed by atoms with Gasteiger partial charge in [-0.25, -0.2) is 13.6 Å². The van der Waals surface area contributed by atoms with Gasteiger partial charge < -0.3 is 0 Å². The minimum Gasteiger partial charge on any atom is -0.223 e. The van der Waals surface area contributed by atoms with Crippen molar-refractivity contribution in [3.05, 3.63) is 17.2 Å². The Morgan fingerprint density at radius 1 is 1.53 bits per heavy atom. The first kappa shape index (κ1) is 12.3. The van der Waals surface area contributed by atoms with Crippen molar-refractivity contribution in [3.8, 4) is 0 Å². The van der Waals surface area contributed by atoms with Crippen molar-refractivity contribution in [2.75, 3.05) is 0 Å². The van der Waals surface area contributed by atoms with Gasteiger partial charge in [0.2, 0.25) is 4.34 Å². The normalized spacial score (nSPS) is 12.0. The first-order chi connectivity index (χ1) is 6.80. The van der Waals surface area contributed by atoms with Gasteiger partial charge in [0.15, 0.2) is 0 Å². The van der Waals surface area contributed by atoms with Crippen molar-refractivity contribution in [2.45, 2.75) is 24.6 Å². The number of aromatic nitrogens is 2. The van der Waals surface area contributed by atoms with E-state index in [1.807, 2.05) is 13.8 Å². The molecule has 1 aromatic rings. The summed E-state index contributed by atoms with van der Waals surface area (Å²) in [5.74, 6) is 0.340. The van der Waals surface area contributed by atoms with Crippen LogP contribution in [0.2, 0.25) is 0 Å². The van der Waals surface area contributed by atoms with Crippen LogP contribution in [0.4, 0.5) is 0 Å². The molecule has 5 nitrogen and oxygen atoms in total. The minimum atomic E-state index is -3.72. The summed E-state index contributed by atoms with van der Waals surface area (Å²) in [6.45, 7) is 7.91. The summed E-state index contributed by atoms with van der Waals surface area (Å²) in [7, 11) is -3.72. The van der Waals surface area contributed by atoms with E-state index in [2.05, 4.69) is 16.8 Å². The average Bonchev–Trinajstić information content (AvgIpc) is 2.51. The molecule has 0 bridgehead atoms. The van der Waals surface area contributed by atoms with Gasteiger partial charge in [-0.2, -0.15) is 0 Å². The van der Waals surface area contributed by atoms with Crippen LogP contribution in [0.5, 0.6) is 0 Å². The molecule has 0 saturated heterocycles. The van der Waals surface area contributed by atoms with Crippen LogP contribution < -0.4 is 5.14 Å². The standard InChI is InChI=1S/C8H13N3O2S2/c1-5(2)6(3)4-7-10-11-8(14-7)15(9,12)13/h5H,3-4H2,1-2H3,(H2,9,12,13). The monoisotopic (exact) mass is 247 g/mol. The van der Waals surface area contributed by atoms with Crippen molar-refractivity contribution in [1.82, 2.24) is 10.2 Å². The average molecular weight is 247 g/mol. The Balaban J connectivity index is 2.83. The van der Waals surface area contributed by atoms with Crippen LogP contribution in [0.3, 0.4) is 0 Å². The molecule has 0 saturated carbocycles. The van der Waals surface area contributed by atoms with Crippen LogP contribution >= 0.6 is 11.3 Å². The maximum atomic E-state index is 10.9. The highest BCUT2D eigenvalue weighted by molar-refractivity contribution is 7.91. The highest BCUT2D eigenvalue weighted by Gasteiger charge is 2.15. The first-order valence-corrected chi connectivity index (χ1v) is 6.70. The maximum absolute atomic E-state index is 10.9. The van der Waals surface area contributed by atoms with Crippen LogP contribution in [0, 0.1) is 5.92 Å². The van der Waals surface area contributed by atoms with Crippen molar-refractivity contribution in [1.29, 1.82) is 0 Å². The Kier molecular flexibility index (Phi) is 3.58. The number of nitrogens with zero attached hydrogens (tertiary/aromatic N) is 2. The minimum absolute atomic E-state index is 0.144. The molecule has 0 unspecified atom stereocenters. The molecule has 1 heterocycles. The molecule has 0 radical (unpaired) electrons. The number of rotatable bonds is 4. The number of primary sulfonamides is 1. The van der Waals surface area contributed by atoms with E-state index in [-0.39, 0.29) is 4.34 Å². The fourth-order valence-electron chi connectivity index (χ4n) is 0.823. The number of allylic oxidation sites excluding steroid dienone is 1. The van der Waals surface area contributed by atoms with Gasteiger partial charge >= 0.3 is 0 Å². The molecule has 84 valence electrons. The molecule has 0 fully saturated rings. The van der Waals surface area contributed by atoms with Gasteiger partial charge in [-0.15, -0.1) is 10.2 Å². The second-order valence-corrected chi connectivity index (χ2v) is 6.29. The van der Waals surface area contributed by atoms with E-state index in [0.29, 0.717) is 17.3 Å². The van der Waals surface area contributed by atoms with Gasteiger partial charge in [-0.1, -0.05) is 37.3 Å². The van der Waals surface area contributed by atoms with Gasteiger partial charge in [0.1, 0.15) is 5.01 Å². The van der Waals surface area contributed by atoms with Crippen molar-refractivity contribution in [2.24, 2.45) is 11.1 Å². The van der Waals surface area contributed by atoms with Crippen LogP contribution in [0.25, 0.3) is 0 Å². The van der Waals surface area contributed by atoms with Crippen LogP contribution in [0.1, 0.15) is 18.9 Å². The van der Waals surface area contributed by atoms with E-state index in [1.54, 1.807) is 0 Å². The summed E-state index contributed by atoms with van der Waals surface area (Å²) in [6, 6.07) is 0. The molecule has 2 N–H and O–H groups in total. The topological polar surface area (TPSA) is 85.9 Å². The molecule has 7 heteroatoms. The van der Waals surface area contributed by atoms with E-state index >= 15 is 0 Å². The SMILES string of the molecule is C=C(Cc1nnc(S(N)(=O)=O)s1)C(C)C. The summed E-state index contributed by atoms with van der Waals surface area (Å²) in [6.07, 6.45) is 0.546. The van der Waals surface area contributed by atoms with Gasteiger partial charge in [0.05, 0.1) is 0 Å². The van der Waals surface area contributed by atoms with E-state index in [0.717, 1.165) is 16.9 Å². The third-order valence-corrected chi connectivity index (χ3v) is 4.12. The quantitative estimate of drug-likeness (QED) is 0.802. The Morgan fingerprint density at radius 2 is 2.13 bits per heavy atom. The predicted molar refractivity (Wildman–Crippen MR) is 59.0 cm³/mol. The third kappa shape index (κ3) is 3.37. The van der Waals surface area contributed by atoms with Gasteiger partial charge in [-0.05, 0) is 5.92 Å². The molecule has 15 heavy (non-hydrogen) atoms. The number of hydrogen-bond acceptors (Lipinski definition) is 5. The molecule has 0 aliphatic heterocycles. The second-order valence-electron chi connectivity index (χ2n) is 3.50. The summed E-state index contributed by atoms with van der Waals surface area (Å²) in [5.41, 5.74) is 0.993. The zero-order chi connectivity index (χ0) is 11.6. The molecular formula is C8H13N3O2S2. The molecule has 0 aliphatic rings. The van der Waals surface area contributed by atoms with Gasteiger partial charge in [0, 0.05) is 6.42 Å². The largest absolute Gasteiger partial charge is 0.267 e. The molecule has 1 rings (SSSR count). The molecule has 0 atom stereocenters. The maximum Gasteiger partial charge on any atom is 0.267 e. The number of nitrogens with two attached hydrogens (primary N) is 1. The number of hydrogen-bond donors (Lipinski definition) is 1. The smallest absolute Gasteiger partial charge is 0.223 e. The highest BCUT2D eigenvalue weighted by Crippen LogP contribution is 2.19. The van der Waals surface area contributed by atoms with Gasteiger partial charge in [-0.3, -0.25) is 0 Å². The zero-order valence-corrected chi connectivity index (χ0v) is 10.2. The van der Waals surface area contributed by atoms with Crippen molar-refractivity contribution >= 4 is 21.4 Å². The molecule has 0 aromatic carbocycles. The molecular weight excluding hydrogens is 234 g/mol. The lowest BCUT2D eigenvalue weighted by atomic mass is 10.0. The molecule has 0 aliphatic carbocycles. The summed E-state index contributed by atoms with van der Waals surface area (Å²) < 4.78 is 21.7. The molecule has 1 aromatic heterocycles. The summed E-state index contributed by atoms with van der Waals surface area (Å²) in [5, 5.41) is 12.8. The second kappa shape index (κ2) is 4.38. The lowest BCUT2D eigenvalue weighted by molar-refractivity contribution is 0.595. The fourth-order valence-corrected chi connectivity index (χ4v) is 2.35. The molecule has 0 spiro atoms. The van der Waals surface area contributed by atoms with Crippen LogP contribution in [0.15, 0.2) is 16.5 Å². The van der Waals surface area contributed by atoms with Crippen LogP contribution in [-0.4, -0.2) is 18.6 Å².